The van der Waals surface area contributed by atoms with Crippen LogP contribution in [0.4, 0.5) is 0 Å². The van der Waals surface area contributed by atoms with E-state index in [1.54, 1.807) is 31.4 Å². The highest BCUT2D eigenvalue weighted by Crippen LogP contribution is 2.09. The van der Waals surface area contributed by atoms with Crippen molar-refractivity contribution in [2.24, 2.45) is 10.3 Å². The number of hydrazone groups is 1. The Balaban J connectivity index is 1.94. The van der Waals surface area contributed by atoms with Crippen molar-refractivity contribution < 1.29 is 14.7 Å². The zero-order chi connectivity index (χ0) is 15.8. The summed E-state index contributed by atoms with van der Waals surface area (Å²) >= 11 is 0. The van der Waals surface area contributed by atoms with E-state index in [0.29, 0.717) is 11.3 Å². The molecule has 0 aliphatic carbocycles. The monoisotopic (exact) mass is 298 g/mol. The molecule has 0 bridgehead atoms. The van der Waals surface area contributed by atoms with E-state index in [0.717, 1.165) is 11.3 Å². The third-order valence-electron chi connectivity index (χ3n) is 2.73. The van der Waals surface area contributed by atoms with Gasteiger partial charge < -0.3 is 9.94 Å². The Morgan fingerprint density at radius 2 is 2.00 bits per heavy atom. The van der Waals surface area contributed by atoms with Gasteiger partial charge in [-0.2, -0.15) is 5.10 Å². The number of nitrogens with zero attached hydrogens (tertiary/aromatic N) is 3. The molecule has 1 aromatic heterocycles. The molecule has 7 nitrogen and oxygen atoms in total. The molecular weight excluding hydrogens is 284 g/mol. The van der Waals surface area contributed by atoms with Crippen molar-refractivity contribution in [3.63, 3.8) is 0 Å². The van der Waals surface area contributed by atoms with Crippen LogP contribution < -0.4 is 10.2 Å². The first-order chi connectivity index (χ1) is 10.7. The second kappa shape index (κ2) is 7.53. The predicted molar refractivity (Wildman–Crippen MR) is 81.7 cm³/mol. The van der Waals surface area contributed by atoms with Crippen molar-refractivity contribution in [1.29, 1.82) is 0 Å². The largest absolute Gasteiger partial charge is 0.497 e. The van der Waals surface area contributed by atoms with E-state index >= 15 is 0 Å². The number of pyridine rings is 1. The SMILES string of the molecule is COc1ccc(/C=N/NC(=O)c2ccc(/C=N/O)nc2)cc1. The Morgan fingerprint density at radius 1 is 1.23 bits per heavy atom. The van der Waals surface area contributed by atoms with Crippen molar-refractivity contribution in [3.05, 3.63) is 59.4 Å². The maximum absolute atomic E-state index is 11.8. The van der Waals surface area contributed by atoms with E-state index in [1.807, 2.05) is 12.1 Å². The van der Waals surface area contributed by atoms with Crippen LogP contribution in [0, 0.1) is 0 Å². The van der Waals surface area contributed by atoms with Gasteiger partial charge in [-0.1, -0.05) is 5.16 Å². The first-order valence-corrected chi connectivity index (χ1v) is 6.34. The molecule has 0 fully saturated rings. The summed E-state index contributed by atoms with van der Waals surface area (Å²) in [6.07, 6.45) is 4.07. The van der Waals surface area contributed by atoms with Gasteiger partial charge in [-0.05, 0) is 42.0 Å². The van der Waals surface area contributed by atoms with E-state index in [2.05, 4.69) is 20.7 Å². The number of rotatable bonds is 5. The number of benzene rings is 1. The van der Waals surface area contributed by atoms with Crippen LogP contribution in [-0.4, -0.2) is 35.6 Å². The molecule has 7 heteroatoms. The van der Waals surface area contributed by atoms with E-state index in [4.69, 9.17) is 9.94 Å². The van der Waals surface area contributed by atoms with Crippen molar-refractivity contribution in [3.8, 4) is 5.75 Å². The first-order valence-electron chi connectivity index (χ1n) is 6.34. The molecule has 0 atom stereocenters. The molecule has 2 N–H and O–H groups in total. The molecule has 0 radical (unpaired) electrons. The molecule has 112 valence electrons. The fourth-order valence-electron chi connectivity index (χ4n) is 1.60. The molecule has 1 heterocycles. The Morgan fingerprint density at radius 3 is 2.59 bits per heavy atom. The lowest BCUT2D eigenvalue weighted by molar-refractivity contribution is 0.0955. The van der Waals surface area contributed by atoms with Gasteiger partial charge in [0.15, 0.2) is 0 Å². The normalized spacial score (nSPS) is 11.0. The fraction of sp³-hybridized carbons (Fsp3) is 0.0667. The third kappa shape index (κ3) is 4.14. The van der Waals surface area contributed by atoms with E-state index in [9.17, 15) is 4.79 Å². The van der Waals surface area contributed by atoms with Gasteiger partial charge in [-0.25, -0.2) is 5.43 Å². The molecule has 2 aromatic rings. The number of oxime groups is 1. The summed E-state index contributed by atoms with van der Waals surface area (Å²) in [7, 11) is 1.59. The highest BCUT2D eigenvalue weighted by Gasteiger charge is 2.04. The number of aromatic nitrogens is 1. The highest BCUT2D eigenvalue weighted by molar-refractivity contribution is 5.95. The Bertz CT molecular complexity index is 679. The number of ether oxygens (including phenoxy) is 1. The summed E-state index contributed by atoms with van der Waals surface area (Å²) < 4.78 is 5.05. The Kier molecular flexibility index (Phi) is 5.20. The minimum atomic E-state index is -0.384. The van der Waals surface area contributed by atoms with E-state index < -0.39 is 0 Å². The second-order valence-corrected chi connectivity index (χ2v) is 4.19. The van der Waals surface area contributed by atoms with Gasteiger partial charge in [-0.15, -0.1) is 0 Å². The van der Waals surface area contributed by atoms with Crippen LogP contribution >= 0.6 is 0 Å². The number of nitrogens with one attached hydrogen (secondary N) is 1. The number of hydrogen-bond acceptors (Lipinski definition) is 6. The average Bonchev–Trinajstić information content (AvgIpc) is 2.56. The lowest BCUT2D eigenvalue weighted by Gasteiger charge is -2.00. The molecule has 22 heavy (non-hydrogen) atoms. The zero-order valence-electron chi connectivity index (χ0n) is 11.8. The van der Waals surface area contributed by atoms with Crippen LogP contribution in [0.15, 0.2) is 52.9 Å². The molecule has 1 aromatic carbocycles. The average molecular weight is 298 g/mol. The van der Waals surface area contributed by atoms with Crippen LogP contribution in [0.5, 0.6) is 5.75 Å². The number of methoxy groups -OCH3 is 1. The maximum atomic E-state index is 11.8. The summed E-state index contributed by atoms with van der Waals surface area (Å²) in [6, 6.07) is 10.4. The third-order valence-corrected chi connectivity index (χ3v) is 2.73. The molecule has 0 aliphatic rings. The molecule has 1 amide bonds. The quantitative estimate of drug-likeness (QED) is 0.498. The van der Waals surface area contributed by atoms with Crippen LogP contribution in [0.1, 0.15) is 21.6 Å². The van der Waals surface area contributed by atoms with Gasteiger partial charge in [-0.3, -0.25) is 9.78 Å². The predicted octanol–water partition coefficient (Wildman–Crippen LogP) is 1.66. The molecule has 2 rings (SSSR count). The maximum Gasteiger partial charge on any atom is 0.272 e. The van der Waals surface area contributed by atoms with Crippen LogP contribution in [0.2, 0.25) is 0 Å². The van der Waals surface area contributed by atoms with Gasteiger partial charge in [0, 0.05) is 6.20 Å². The minimum absolute atomic E-state index is 0.349. The molecule has 0 unspecified atom stereocenters. The molecule has 0 spiro atoms. The summed E-state index contributed by atoms with van der Waals surface area (Å²) in [6.45, 7) is 0. The van der Waals surface area contributed by atoms with Gasteiger partial charge in [0.25, 0.3) is 5.91 Å². The molecule has 0 saturated carbocycles. The number of carbonyl (C=O) groups is 1. The first kappa shape index (κ1) is 15.2. The lowest BCUT2D eigenvalue weighted by Crippen LogP contribution is -2.17. The van der Waals surface area contributed by atoms with Crippen LogP contribution in [0.3, 0.4) is 0 Å². The topological polar surface area (TPSA) is 96.2 Å². The zero-order valence-corrected chi connectivity index (χ0v) is 11.8. The second-order valence-electron chi connectivity index (χ2n) is 4.19. The van der Waals surface area contributed by atoms with Crippen molar-refractivity contribution in [2.75, 3.05) is 7.11 Å². The van der Waals surface area contributed by atoms with Gasteiger partial charge >= 0.3 is 0 Å². The van der Waals surface area contributed by atoms with Gasteiger partial charge in [0.1, 0.15) is 5.75 Å². The minimum Gasteiger partial charge on any atom is -0.497 e. The standard InChI is InChI=1S/C15H14N4O3/c1-22-14-6-2-11(3-7-14)8-17-19-15(20)12-4-5-13(10-18-21)16-9-12/h2-10,21H,1H3,(H,19,20)/b17-8+,18-10+. The van der Waals surface area contributed by atoms with Crippen molar-refractivity contribution >= 4 is 18.3 Å². The van der Waals surface area contributed by atoms with Crippen molar-refractivity contribution in [1.82, 2.24) is 10.4 Å². The van der Waals surface area contributed by atoms with Crippen molar-refractivity contribution in [2.45, 2.75) is 0 Å². The summed E-state index contributed by atoms with van der Waals surface area (Å²) in [5, 5.41) is 15.1. The number of hydrogen-bond donors (Lipinski definition) is 2. The van der Waals surface area contributed by atoms with E-state index in [1.165, 1.54) is 18.6 Å². The lowest BCUT2D eigenvalue weighted by atomic mass is 10.2. The molecule has 0 saturated heterocycles. The Labute approximate surface area is 127 Å². The number of amides is 1. The Hall–Kier alpha value is -3.22. The highest BCUT2D eigenvalue weighted by atomic mass is 16.5. The van der Waals surface area contributed by atoms with Crippen LogP contribution in [0.25, 0.3) is 0 Å². The molecular formula is C15H14N4O3. The van der Waals surface area contributed by atoms with E-state index in [-0.39, 0.29) is 5.91 Å². The van der Waals surface area contributed by atoms with Gasteiger partial charge in [0.2, 0.25) is 0 Å². The number of carbonyl (C=O) groups excluding carboxylic acids is 1. The van der Waals surface area contributed by atoms with Crippen LogP contribution in [-0.2, 0) is 0 Å². The summed E-state index contributed by atoms with van der Waals surface area (Å²) in [5.41, 5.74) is 4.03. The summed E-state index contributed by atoms with van der Waals surface area (Å²) in [4.78, 5) is 15.8. The smallest absolute Gasteiger partial charge is 0.272 e. The summed E-state index contributed by atoms with van der Waals surface area (Å²) in [5.74, 6) is 0.364. The van der Waals surface area contributed by atoms with Gasteiger partial charge in [0.05, 0.1) is 30.8 Å². The molecule has 0 aliphatic heterocycles. The fourth-order valence-corrected chi connectivity index (χ4v) is 1.60.